The van der Waals surface area contributed by atoms with Crippen LogP contribution in [0.5, 0.6) is 0 Å². The van der Waals surface area contributed by atoms with Crippen LogP contribution in [0.25, 0.3) is 0 Å². The quantitative estimate of drug-likeness (QED) is 0.560. The van der Waals surface area contributed by atoms with Crippen molar-refractivity contribution in [3.05, 3.63) is 0 Å². The van der Waals surface area contributed by atoms with Crippen molar-refractivity contribution in [2.45, 2.75) is 13.3 Å². The molecule has 9 heteroatoms. The van der Waals surface area contributed by atoms with Gasteiger partial charge in [-0.3, -0.25) is 14.0 Å². The van der Waals surface area contributed by atoms with E-state index in [9.17, 15) is 9.13 Å². The molecule has 0 aromatic carbocycles. The highest BCUT2D eigenvalue weighted by Gasteiger charge is 2.05. The molecular formula is C7H19NO6P2. The van der Waals surface area contributed by atoms with Crippen LogP contribution < -0.4 is 0 Å². The molecule has 0 aliphatic carbocycles. The van der Waals surface area contributed by atoms with E-state index in [4.69, 9.17) is 9.79 Å². The van der Waals surface area contributed by atoms with Gasteiger partial charge in [-0.05, 0) is 13.0 Å². The molecule has 2 unspecified atom stereocenters. The Hall–Kier alpha value is 0.260. The van der Waals surface area contributed by atoms with E-state index in [0.29, 0.717) is 13.1 Å². The summed E-state index contributed by atoms with van der Waals surface area (Å²) >= 11 is 0. The van der Waals surface area contributed by atoms with Gasteiger partial charge in [-0.1, -0.05) is 6.92 Å². The Labute approximate surface area is 96.3 Å². The number of hydrogen-bond donors (Lipinski definition) is 2. The maximum Gasteiger partial charge on any atom is 0.316 e. The minimum atomic E-state index is -2.87. The van der Waals surface area contributed by atoms with E-state index in [1.165, 1.54) is 0 Å². The lowest BCUT2D eigenvalue weighted by Gasteiger charge is -2.20. The molecule has 16 heavy (non-hydrogen) atoms. The van der Waals surface area contributed by atoms with E-state index in [-0.39, 0.29) is 13.2 Å². The molecule has 0 amide bonds. The van der Waals surface area contributed by atoms with Crippen LogP contribution in [-0.4, -0.2) is 47.5 Å². The third kappa shape index (κ3) is 10.8. The second-order valence-electron chi connectivity index (χ2n) is 3.07. The summed E-state index contributed by atoms with van der Waals surface area (Å²) in [5, 5.41) is 0. The summed E-state index contributed by atoms with van der Waals surface area (Å²) < 4.78 is 29.7. The molecule has 0 fully saturated rings. The van der Waals surface area contributed by atoms with Crippen LogP contribution in [0.1, 0.15) is 13.3 Å². The third-order valence-corrected chi connectivity index (χ3v) is 2.71. The Morgan fingerprint density at radius 1 is 1.00 bits per heavy atom. The van der Waals surface area contributed by atoms with Crippen LogP contribution in [0.15, 0.2) is 0 Å². The van der Waals surface area contributed by atoms with Crippen molar-refractivity contribution < 1.29 is 28.0 Å². The molecule has 0 bridgehead atoms. The molecular weight excluding hydrogens is 256 g/mol. The fourth-order valence-corrected chi connectivity index (χ4v) is 1.71. The Balaban J connectivity index is 3.69. The fraction of sp³-hybridized carbons (Fsp3) is 1.00. The van der Waals surface area contributed by atoms with Crippen molar-refractivity contribution in [3.63, 3.8) is 0 Å². The first kappa shape index (κ1) is 16.3. The predicted molar refractivity (Wildman–Crippen MR) is 61.1 cm³/mol. The lowest BCUT2D eigenvalue weighted by Crippen LogP contribution is -2.31. The molecule has 0 aromatic rings. The molecule has 98 valence electrons. The molecule has 7 nitrogen and oxygen atoms in total. The highest BCUT2D eigenvalue weighted by molar-refractivity contribution is 7.32. The highest BCUT2D eigenvalue weighted by atomic mass is 31.1. The van der Waals surface area contributed by atoms with E-state index >= 15 is 0 Å². The van der Waals surface area contributed by atoms with Gasteiger partial charge < -0.3 is 18.8 Å². The van der Waals surface area contributed by atoms with Crippen LogP contribution in [-0.2, 0) is 18.2 Å². The summed E-state index contributed by atoms with van der Waals surface area (Å²) in [5.41, 5.74) is 0. The van der Waals surface area contributed by atoms with Gasteiger partial charge in [0.2, 0.25) is 0 Å². The molecule has 0 rings (SSSR count). The van der Waals surface area contributed by atoms with Gasteiger partial charge in [-0.15, -0.1) is 0 Å². The number of nitrogens with zero attached hydrogens (tertiary/aromatic N) is 1. The molecule has 0 saturated heterocycles. The number of rotatable bonds is 10. The lowest BCUT2D eigenvalue weighted by molar-refractivity contribution is 0.170. The van der Waals surface area contributed by atoms with E-state index in [0.717, 1.165) is 13.0 Å². The summed E-state index contributed by atoms with van der Waals surface area (Å²) in [5.74, 6) is 0. The van der Waals surface area contributed by atoms with Crippen molar-refractivity contribution in [1.29, 1.82) is 0 Å². The summed E-state index contributed by atoms with van der Waals surface area (Å²) in [6, 6.07) is 0. The van der Waals surface area contributed by atoms with E-state index in [2.05, 4.69) is 9.05 Å². The molecule has 2 N–H and O–H groups in total. The van der Waals surface area contributed by atoms with Gasteiger partial charge in [0, 0.05) is 13.1 Å². The monoisotopic (exact) mass is 275 g/mol. The topological polar surface area (TPSA) is 96.3 Å². The average molecular weight is 275 g/mol. The van der Waals surface area contributed by atoms with Crippen LogP contribution in [0.3, 0.4) is 0 Å². The van der Waals surface area contributed by atoms with E-state index < -0.39 is 16.5 Å². The van der Waals surface area contributed by atoms with E-state index in [1.807, 2.05) is 11.8 Å². The second-order valence-corrected chi connectivity index (χ2v) is 4.71. The normalized spacial score (nSPS) is 15.2. The molecule has 0 radical (unpaired) electrons. The van der Waals surface area contributed by atoms with Crippen molar-refractivity contribution in [2.24, 2.45) is 0 Å². The number of hydrogen-bond acceptors (Lipinski definition) is 5. The van der Waals surface area contributed by atoms with Crippen LogP contribution in [0.4, 0.5) is 0 Å². The van der Waals surface area contributed by atoms with Gasteiger partial charge in [0.1, 0.15) is 0 Å². The predicted octanol–water partition coefficient (Wildman–Crippen LogP) is 0.496. The lowest BCUT2D eigenvalue weighted by atomic mass is 10.4. The first-order valence-electron chi connectivity index (χ1n) is 5.00. The molecule has 0 heterocycles. The van der Waals surface area contributed by atoms with Crippen molar-refractivity contribution in [2.75, 3.05) is 32.8 Å². The van der Waals surface area contributed by atoms with Gasteiger partial charge >= 0.3 is 16.5 Å². The van der Waals surface area contributed by atoms with Gasteiger partial charge in [-0.2, -0.15) is 0 Å². The zero-order valence-electron chi connectivity index (χ0n) is 9.22. The Bertz CT molecular complexity index is 207. The highest BCUT2D eigenvalue weighted by Crippen LogP contribution is 2.15. The smallest absolute Gasteiger partial charge is 0.316 e. The average Bonchev–Trinajstić information content (AvgIpc) is 2.16. The van der Waals surface area contributed by atoms with Crippen molar-refractivity contribution >= 4 is 16.5 Å². The first-order chi connectivity index (χ1) is 7.56. The van der Waals surface area contributed by atoms with Crippen LogP contribution in [0, 0.1) is 0 Å². The maximum atomic E-state index is 10.3. The zero-order chi connectivity index (χ0) is 12.4. The molecule has 0 aliphatic heterocycles. The minimum absolute atomic E-state index is 0.169. The van der Waals surface area contributed by atoms with Gasteiger partial charge in [0.15, 0.2) is 0 Å². The molecule has 0 saturated carbocycles. The zero-order valence-corrected chi connectivity index (χ0v) is 11.2. The molecule has 0 aromatic heterocycles. The Morgan fingerprint density at radius 2 is 1.44 bits per heavy atom. The summed E-state index contributed by atoms with van der Waals surface area (Å²) in [7, 11) is -5.74. The van der Waals surface area contributed by atoms with Crippen LogP contribution in [0.2, 0.25) is 0 Å². The maximum absolute atomic E-state index is 10.3. The van der Waals surface area contributed by atoms with Gasteiger partial charge in [0.05, 0.1) is 13.2 Å². The minimum Gasteiger partial charge on any atom is -0.326 e. The third-order valence-electron chi connectivity index (χ3n) is 1.81. The van der Waals surface area contributed by atoms with Gasteiger partial charge in [-0.25, -0.2) is 0 Å². The Morgan fingerprint density at radius 3 is 1.75 bits per heavy atom. The van der Waals surface area contributed by atoms with Crippen molar-refractivity contribution in [1.82, 2.24) is 4.90 Å². The van der Waals surface area contributed by atoms with Gasteiger partial charge in [0.25, 0.3) is 0 Å². The largest absolute Gasteiger partial charge is 0.326 e. The first-order valence-corrected chi connectivity index (χ1v) is 7.52. The molecule has 0 spiro atoms. The summed E-state index contributed by atoms with van der Waals surface area (Å²) in [4.78, 5) is 18.8. The fourth-order valence-electron chi connectivity index (χ4n) is 1.18. The van der Waals surface area contributed by atoms with Crippen LogP contribution >= 0.6 is 16.5 Å². The van der Waals surface area contributed by atoms with Crippen molar-refractivity contribution in [3.8, 4) is 0 Å². The second kappa shape index (κ2) is 10.4. The Kier molecular flexibility index (Phi) is 10.6. The SMILES string of the molecule is CCCN(CCO[PH](=O)O)CCO[PH](=O)O. The summed E-state index contributed by atoms with van der Waals surface area (Å²) in [6.07, 6.45) is 0.919. The standard InChI is InChI=1S/C7H19NO6P2/c1-2-3-8(4-6-13-15(9)10)5-7-14-16(11)12/h15-16H,2-7H2,1H3,(H,9,10)(H,11,12). The van der Waals surface area contributed by atoms with E-state index in [1.54, 1.807) is 0 Å². The summed E-state index contributed by atoms with van der Waals surface area (Å²) in [6.45, 7) is 4.12. The molecule has 2 atom stereocenters. The molecule has 0 aliphatic rings.